The number of hydrogen-bond acceptors (Lipinski definition) is 7. The van der Waals surface area contributed by atoms with Gasteiger partial charge in [-0.25, -0.2) is 32.9 Å². The summed E-state index contributed by atoms with van der Waals surface area (Å²) in [5.41, 5.74) is 0.280. The van der Waals surface area contributed by atoms with Gasteiger partial charge in [0.05, 0.1) is 17.6 Å². The molecule has 0 saturated carbocycles. The van der Waals surface area contributed by atoms with Gasteiger partial charge >= 0.3 is 5.97 Å². The molecular weight excluding hydrogens is 370 g/mol. The van der Waals surface area contributed by atoms with Gasteiger partial charge in [-0.3, -0.25) is 0 Å². The van der Waals surface area contributed by atoms with Crippen LogP contribution in [0.15, 0.2) is 60.0 Å². The van der Waals surface area contributed by atoms with E-state index in [2.05, 4.69) is 24.4 Å². The highest BCUT2D eigenvalue weighted by atomic mass is 32.2. The number of sulfonamides is 1. The first-order chi connectivity index (χ1) is 13.0. The minimum atomic E-state index is -3.71. The monoisotopic (exact) mass is 387 g/mol. The van der Waals surface area contributed by atoms with Gasteiger partial charge in [0.25, 0.3) is 0 Å². The van der Waals surface area contributed by atoms with Crippen LogP contribution in [-0.4, -0.2) is 47.6 Å². The van der Waals surface area contributed by atoms with Gasteiger partial charge in [0, 0.05) is 37.9 Å². The Morgan fingerprint density at radius 2 is 1.81 bits per heavy atom. The fourth-order valence-corrected chi connectivity index (χ4v) is 3.40. The smallest absolute Gasteiger partial charge is 0.337 e. The Morgan fingerprint density at radius 1 is 1.11 bits per heavy atom. The molecule has 2 heterocycles. The average Bonchev–Trinajstić information content (AvgIpc) is 3.16. The second kappa shape index (κ2) is 8.06. The normalized spacial score (nSPS) is 11.3. The zero-order valence-corrected chi connectivity index (χ0v) is 15.3. The van der Waals surface area contributed by atoms with E-state index in [0.717, 1.165) is 0 Å². The summed E-state index contributed by atoms with van der Waals surface area (Å²) in [6, 6.07) is 7.22. The predicted octanol–water partition coefficient (Wildman–Crippen LogP) is 1.11. The summed E-state index contributed by atoms with van der Waals surface area (Å²) < 4.78 is 33.7. The van der Waals surface area contributed by atoms with E-state index >= 15 is 0 Å². The molecule has 0 radical (unpaired) electrons. The van der Waals surface area contributed by atoms with Crippen LogP contribution in [0.4, 0.5) is 0 Å². The van der Waals surface area contributed by atoms with Gasteiger partial charge in [-0.1, -0.05) is 0 Å². The molecule has 27 heavy (non-hydrogen) atoms. The molecule has 0 saturated heterocycles. The highest BCUT2D eigenvalue weighted by Gasteiger charge is 2.15. The molecule has 0 fully saturated rings. The number of imidazole rings is 1. The van der Waals surface area contributed by atoms with Crippen LogP contribution in [0.3, 0.4) is 0 Å². The van der Waals surface area contributed by atoms with Crippen LogP contribution in [-0.2, 0) is 21.3 Å². The zero-order chi connectivity index (χ0) is 19.3. The molecule has 1 N–H and O–H groups in total. The fraction of sp³-hybridized carbons (Fsp3) is 0.176. The SMILES string of the molecule is COC(=O)c1ccc(S(=O)(=O)NCCn2ccnc2-c2ncccn2)cc1. The van der Waals surface area contributed by atoms with Gasteiger partial charge in [0.15, 0.2) is 11.6 Å². The third-order valence-electron chi connectivity index (χ3n) is 3.71. The molecule has 0 bridgehead atoms. The Morgan fingerprint density at radius 3 is 2.48 bits per heavy atom. The second-order valence-corrected chi connectivity index (χ2v) is 7.20. The number of rotatable bonds is 7. The van der Waals surface area contributed by atoms with Crippen LogP contribution in [0, 0.1) is 0 Å². The van der Waals surface area contributed by atoms with Gasteiger partial charge in [0.1, 0.15) is 0 Å². The molecule has 10 heteroatoms. The van der Waals surface area contributed by atoms with Gasteiger partial charge < -0.3 is 9.30 Å². The standard InChI is InChI=1S/C17H17N5O4S/c1-26-17(23)13-3-5-14(6-4-13)27(24,25)21-10-12-22-11-9-20-16(22)15-18-7-2-8-19-15/h2-9,11,21H,10,12H2,1H3. The molecule has 3 aromatic rings. The second-order valence-electron chi connectivity index (χ2n) is 5.43. The molecule has 3 rings (SSSR count). The van der Waals surface area contributed by atoms with Crippen molar-refractivity contribution in [1.29, 1.82) is 0 Å². The van der Waals surface area contributed by atoms with Crippen molar-refractivity contribution >= 4 is 16.0 Å². The van der Waals surface area contributed by atoms with Crippen LogP contribution in [0.5, 0.6) is 0 Å². The lowest BCUT2D eigenvalue weighted by Gasteiger charge is -2.09. The lowest BCUT2D eigenvalue weighted by atomic mass is 10.2. The van der Waals surface area contributed by atoms with Crippen molar-refractivity contribution in [2.75, 3.05) is 13.7 Å². The summed E-state index contributed by atoms with van der Waals surface area (Å²) in [4.78, 5) is 24.0. The van der Waals surface area contributed by atoms with Crippen LogP contribution in [0.2, 0.25) is 0 Å². The van der Waals surface area contributed by atoms with Crippen LogP contribution >= 0.6 is 0 Å². The largest absolute Gasteiger partial charge is 0.465 e. The van der Waals surface area contributed by atoms with E-state index < -0.39 is 16.0 Å². The summed E-state index contributed by atoms with van der Waals surface area (Å²) in [5.74, 6) is 0.490. The summed E-state index contributed by atoms with van der Waals surface area (Å²) in [5, 5.41) is 0. The van der Waals surface area contributed by atoms with Gasteiger partial charge in [0.2, 0.25) is 10.0 Å². The Kier molecular flexibility index (Phi) is 5.57. The highest BCUT2D eigenvalue weighted by molar-refractivity contribution is 7.89. The van der Waals surface area contributed by atoms with Crippen LogP contribution in [0.25, 0.3) is 11.6 Å². The lowest BCUT2D eigenvalue weighted by molar-refractivity contribution is 0.0600. The quantitative estimate of drug-likeness (QED) is 0.604. The van der Waals surface area contributed by atoms with Crippen molar-refractivity contribution in [2.24, 2.45) is 0 Å². The average molecular weight is 387 g/mol. The maximum absolute atomic E-state index is 12.4. The number of nitrogens with zero attached hydrogens (tertiary/aromatic N) is 4. The molecule has 9 nitrogen and oxygen atoms in total. The maximum atomic E-state index is 12.4. The molecule has 0 spiro atoms. The minimum Gasteiger partial charge on any atom is -0.465 e. The topological polar surface area (TPSA) is 116 Å². The van der Waals surface area contributed by atoms with Gasteiger partial charge in [-0.05, 0) is 30.3 Å². The Bertz CT molecular complexity index is 1020. The van der Waals surface area contributed by atoms with Crippen molar-refractivity contribution in [2.45, 2.75) is 11.4 Å². The molecule has 0 unspecified atom stereocenters. The molecule has 0 amide bonds. The molecule has 0 aliphatic heterocycles. The third-order valence-corrected chi connectivity index (χ3v) is 5.19. The summed E-state index contributed by atoms with van der Waals surface area (Å²) in [7, 11) is -2.44. The summed E-state index contributed by atoms with van der Waals surface area (Å²) in [6.07, 6.45) is 6.56. The first kappa shape index (κ1) is 18.7. The lowest BCUT2D eigenvalue weighted by Crippen LogP contribution is -2.27. The van der Waals surface area contributed by atoms with E-state index in [0.29, 0.717) is 18.2 Å². The van der Waals surface area contributed by atoms with Gasteiger partial charge in [-0.2, -0.15) is 0 Å². The van der Waals surface area contributed by atoms with Crippen molar-refractivity contribution < 1.29 is 17.9 Å². The maximum Gasteiger partial charge on any atom is 0.337 e. The van der Waals surface area contributed by atoms with Crippen molar-refractivity contribution in [3.05, 3.63) is 60.7 Å². The number of methoxy groups -OCH3 is 1. The number of esters is 1. The van der Waals surface area contributed by atoms with Crippen LogP contribution in [0.1, 0.15) is 10.4 Å². The molecule has 0 aliphatic carbocycles. The molecule has 0 aliphatic rings. The highest BCUT2D eigenvalue weighted by Crippen LogP contribution is 2.13. The first-order valence-corrected chi connectivity index (χ1v) is 9.46. The fourth-order valence-electron chi connectivity index (χ4n) is 2.38. The van der Waals surface area contributed by atoms with E-state index in [4.69, 9.17) is 0 Å². The minimum absolute atomic E-state index is 0.0624. The summed E-state index contributed by atoms with van der Waals surface area (Å²) >= 11 is 0. The van der Waals surface area contributed by atoms with E-state index in [1.165, 1.54) is 31.4 Å². The predicted molar refractivity (Wildman–Crippen MR) is 96.2 cm³/mol. The molecule has 1 aromatic carbocycles. The Labute approximate surface area is 156 Å². The van der Waals surface area contributed by atoms with Crippen molar-refractivity contribution in [3.8, 4) is 11.6 Å². The van der Waals surface area contributed by atoms with Crippen LogP contribution < -0.4 is 4.72 Å². The van der Waals surface area contributed by atoms with E-state index in [1.54, 1.807) is 35.4 Å². The molecule has 2 aromatic heterocycles. The van der Waals surface area contributed by atoms with E-state index in [-0.39, 0.29) is 17.0 Å². The molecule has 140 valence electrons. The number of benzene rings is 1. The Hall–Kier alpha value is -3.11. The number of ether oxygens (including phenoxy) is 1. The molecule has 0 atom stereocenters. The first-order valence-electron chi connectivity index (χ1n) is 7.98. The van der Waals surface area contributed by atoms with Gasteiger partial charge in [-0.15, -0.1) is 0 Å². The third kappa shape index (κ3) is 4.36. The number of hydrogen-bond donors (Lipinski definition) is 1. The van der Waals surface area contributed by atoms with Crippen molar-refractivity contribution in [1.82, 2.24) is 24.2 Å². The zero-order valence-electron chi connectivity index (χ0n) is 14.4. The van der Waals surface area contributed by atoms with Crippen molar-refractivity contribution in [3.63, 3.8) is 0 Å². The number of nitrogens with one attached hydrogen (secondary N) is 1. The Balaban J connectivity index is 1.65. The number of carbonyl (C=O) groups is 1. The number of carbonyl (C=O) groups excluding carboxylic acids is 1. The van der Waals surface area contributed by atoms with E-state index in [1.807, 2.05) is 0 Å². The number of aromatic nitrogens is 4. The van der Waals surface area contributed by atoms with E-state index in [9.17, 15) is 13.2 Å². The molecular formula is C17H17N5O4S. The summed E-state index contributed by atoms with van der Waals surface area (Å²) in [6.45, 7) is 0.504.